The highest BCUT2D eigenvalue weighted by Crippen LogP contribution is 2.55. The van der Waals surface area contributed by atoms with Crippen LogP contribution in [-0.2, 0) is 44.1 Å². The molecule has 2 N–H and O–H groups in total. The molecule has 0 fully saturated rings. The highest BCUT2D eigenvalue weighted by atomic mass is 35.5. The molecule has 0 aliphatic carbocycles. The first-order chi connectivity index (χ1) is 34.2. The Balaban J connectivity index is 1.16. The summed E-state index contributed by atoms with van der Waals surface area (Å²) in [6.45, 7) is 2.25. The van der Waals surface area contributed by atoms with Crippen LogP contribution in [0.3, 0.4) is 0 Å². The number of imidazole rings is 2. The van der Waals surface area contributed by atoms with Gasteiger partial charge in [-0.2, -0.15) is 26.3 Å². The number of carbonyl (C=O) groups excluding carboxylic acids is 1. The van der Waals surface area contributed by atoms with Crippen LogP contribution in [0.2, 0.25) is 10.0 Å². The monoisotopic (exact) mass is 1050 g/mol. The average Bonchev–Trinajstić information content (AvgIpc) is 3.69. The van der Waals surface area contributed by atoms with Crippen LogP contribution in [0.4, 0.5) is 26.3 Å². The molecule has 0 aliphatic rings. The molecule has 0 saturated heterocycles. The van der Waals surface area contributed by atoms with Gasteiger partial charge in [0.25, 0.3) is 0 Å². The SMILES string of the molecule is CC(c1ccc(Oc2ccccc2C(=O)OC(c2ccc3c(c2)n(C)c(=O)n3C)(C(C)c2ccc(Oc3ccc(C(=O)O)nc3)cc2Cl)C(F)(F)F)cc1Cl)C(O)(c1ccc2c(c1)n(C)c(=O)n2C)C(F)(F)F. The van der Waals surface area contributed by atoms with Crippen LogP contribution in [0, 0.1) is 0 Å². The number of fused-ring (bicyclic) bond motifs is 2. The van der Waals surface area contributed by atoms with Gasteiger partial charge < -0.3 is 24.4 Å². The van der Waals surface area contributed by atoms with Crippen molar-refractivity contribution in [2.75, 3.05) is 0 Å². The molecule has 380 valence electrons. The van der Waals surface area contributed by atoms with E-state index in [-0.39, 0.29) is 66.4 Å². The number of para-hydroxylation sites is 1. The lowest BCUT2D eigenvalue weighted by Crippen LogP contribution is -2.50. The fourth-order valence-electron chi connectivity index (χ4n) is 9.05. The van der Waals surface area contributed by atoms with Gasteiger partial charge in [-0.15, -0.1) is 0 Å². The van der Waals surface area contributed by atoms with Crippen LogP contribution >= 0.6 is 23.2 Å². The number of alkyl halides is 6. The molecule has 4 unspecified atom stereocenters. The van der Waals surface area contributed by atoms with Gasteiger partial charge >= 0.3 is 35.7 Å². The molecule has 8 rings (SSSR count). The van der Waals surface area contributed by atoms with Crippen molar-refractivity contribution < 1.29 is 60.4 Å². The van der Waals surface area contributed by atoms with E-state index in [0.29, 0.717) is 5.52 Å². The number of aryl methyl sites for hydroxylation is 4. The largest absolute Gasteiger partial charge is 0.477 e. The quantitative estimate of drug-likeness (QED) is 0.0837. The van der Waals surface area contributed by atoms with Gasteiger partial charge in [-0.3, -0.25) is 18.3 Å². The molecule has 3 aromatic heterocycles. The van der Waals surface area contributed by atoms with Crippen LogP contribution in [0.25, 0.3) is 22.1 Å². The van der Waals surface area contributed by atoms with Crippen molar-refractivity contribution in [1.29, 1.82) is 0 Å². The predicted octanol–water partition coefficient (Wildman–Crippen LogP) is 11.0. The Morgan fingerprint density at radius 3 is 1.60 bits per heavy atom. The lowest BCUT2D eigenvalue weighted by molar-refractivity contribution is -0.274. The second-order valence-electron chi connectivity index (χ2n) is 17.3. The van der Waals surface area contributed by atoms with Gasteiger partial charge in [-0.25, -0.2) is 24.2 Å². The van der Waals surface area contributed by atoms with Crippen LogP contribution in [0.15, 0.2) is 125 Å². The Hall–Kier alpha value is -7.55. The molecule has 0 spiro atoms. The summed E-state index contributed by atoms with van der Waals surface area (Å²) in [5.74, 6) is -6.88. The van der Waals surface area contributed by atoms with Crippen molar-refractivity contribution in [1.82, 2.24) is 23.3 Å². The predicted molar refractivity (Wildman–Crippen MR) is 257 cm³/mol. The van der Waals surface area contributed by atoms with E-state index in [1.165, 1.54) is 104 Å². The number of esters is 1. The van der Waals surface area contributed by atoms with E-state index in [2.05, 4.69) is 4.98 Å². The van der Waals surface area contributed by atoms with Crippen molar-refractivity contribution >= 4 is 57.2 Å². The molecule has 4 atom stereocenters. The number of hydrogen-bond donors (Lipinski definition) is 2. The Labute approximate surface area is 419 Å². The van der Waals surface area contributed by atoms with E-state index in [0.717, 1.165) is 71.6 Å². The molecule has 73 heavy (non-hydrogen) atoms. The number of hydrogen-bond acceptors (Lipinski definition) is 9. The summed E-state index contributed by atoms with van der Waals surface area (Å²) >= 11 is 13.4. The maximum absolute atomic E-state index is 16.4. The first-order valence-electron chi connectivity index (χ1n) is 21.8. The Bertz CT molecular complexity index is 3630. The number of rotatable bonds is 13. The van der Waals surface area contributed by atoms with Gasteiger partial charge in [0.2, 0.25) is 5.60 Å². The molecule has 8 aromatic rings. The summed E-state index contributed by atoms with van der Waals surface area (Å²) in [6, 6.07) is 21.7. The number of aliphatic hydroxyl groups is 1. The molecule has 0 amide bonds. The van der Waals surface area contributed by atoms with Crippen LogP contribution in [0.5, 0.6) is 23.0 Å². The normalized spacial score (nSPS) is 14.6. The van der Waals surface area contributed by atoms with E-state index in [1.54, 1.807) is 0 Å². The summed E-state index contributed by atoms with van der Waals surface area (Å²) in [4.78, 5) is 55.1. The Kier molecular flexibility index (Phi) is 13.3. The maximum atomic E-state index is 16.4. The lowest BCUT2D eigenvalue weighted by Gasteiger charge is -2.41. The number of pyridine rings is 1. The van der Waals surface area contributed by atoms with E-state index in [9.17, 15) is 29.4 Å². The van der Waals surface area contributed by atoms with Gasteiger partial charge in [-0.1, -0.05) is 73.4 Å². The first kappa shape index (κ1) is 51.8. The van der Waals surface area contributed by atoms with E-state index in [4.69, 9.17) is 37.4 Å². The molecule has 0 bridgehead atoms. The maximum Gasteiger partial charge on any atom is 0.433 e. The fourth-order valence-corrected chi connectivity index (χ4v) is 9.72. The van der Waals surface area contributed by atoms with Crippen LogP contribution in [0.1, 0.15) is 68.8 Å². The third kappa shape index (κ3) is 8.86. The third-order valence-corrected chi connectivity index (χ3v) is 13.8. The molecule has 0 aliphatic heterocycles. The highest BCUT2D eigenvalue weighted by molar-refractivity contribution is 6.32. The number of benzene rings is 5. The van der Waals surface area contributed by atoms with Gasteiger partial charge in [0.1, 0.15) is 34.3 Å². The summed E-state index contributed by atoms with van der Waals surface area (Å²) in [6.07, 6.45) is -9.59. The van der Waals surface area contributed by atoms with Crippen molar-refractivity contribution in [3.8, 4) is 23.0 Å². The van der Waals surface area contributed by atoms with Crippen LogP contribution in [-0.4, -0.2) is 57.8 Å². The van der Waals surface area contributed by atoms with Crippen molar-refractivity contribution in [2.24, 2.45) is 28.2 Å². The lowest BCUT2D eigenvalue weighted by atomic mass is 9.77. The third-order valence-electron chi connectivity index (χ3n) is 13.2. The number of aromatic carboxylic acids is 1. The minimum atomic E-state index is -5.43. The Morgan fingerprint density at radius 1 is 0.603 bits per heavy atom. The summed E-state index contributed by atoms with van der Waals surface area (Å²) in [5.41, 5.74) is -9.72. The highest BCUT2D eigenvalue weighted by Gasteiger charge is 2.64. The van der Waals surface area contributed by atoms with Crippen LogP contribution < -0.4 is 20.9 Å². The summed E-state index contributed by atoms with van der Waals surface area (Å²) < 4.78 is 117. The van der Waals surface area contributed by atoms with Crippen molar-refractivity contribution in [3.63, 3.8) is 0 Å². The van der Waals surface area contributed by atoms with Gasteiger partial charge in [0.15, 0.2) is 5.60 Å². The van der Waals surface area contributed by atoms with E-state index in [1.807, 2.05) is 0 Å². The summed E-state index contributed by atoms with van der Waals surface area (Å²) in [5, 5.41) is 20.3. The number of carboxylic acid groups (broad SMARTS) is 1. The zero-order chi connectivity index (χ0) is 53.3. The minimum absolute atomic E-state index is 0.0323. The average molecular weight is 1050 g/mol. The molecule has 22 heteroatoms. The second-order valence-corrected chi connectivity index (χ2v) is 18.1. The minimum Gasteiger partial charge on any atom is -0.477 e. The topological polar surface area (TPSA) is 169 Å². The van der Waals surface area contributed by atoms with E-state index < -0.39 is 75.4 Å². The van der Waals surface area contributed by atoms with Crippen molar-refractivity contribution in [3.05, 3.63) is 180 Å². The number of nitrogens with zero attached hydrogens (tertiary/aromatic N) is 5. The van der Waals surface area contributed by atoms with Gasteiger partial charge in [0, 0.05) is 55.6 Å². The van der Waals surface area contributed by atoms with Gasteiger partial charge in [-0.05, 0) is 89.5 Å². The molecular formula is C51H41Cl2F6N5O9. The first-order valence-corrected chi connectivity index (χ1v) is 22.6. The number of ether oxygens (including phenoxy) is 3. The second kappa shape index (κ2) is 18.8. The smallest absolute Gasteiger partial charge is 0.433 e. The molecule has 3 heterocycles. The Morgan fingerprint density at radius 2 is 1.10 bits per heavy atom. The summed E-state index contributed by atoms with van der Waals surface area (Å²) in [7, 11) is 5.62. The van der Waals surface area contributed by atoms with E-state index >= 15 is 26.3 Å². The molecule has 0 radical (unpaired) electrons. The standard InChI is InChI=1S/C51H41Cl2F6N5O9/c1-26(48(70,50(54,55)56)28-11-19-39-41(21-28)63(5)46(68)61(39)3)33-16-14-31(24-36(33)52)72-43-10-8-7-9-35(43)45(67)73-49(51(57,58)59,29-12-20-40-42(22-29)64(6)47(69)62(40)4)27(2)34-17-13-30(23-37(34)53)71-32-15-18-38(44(65)66)60-25-32/h7-27,70H,1-6H3,(H,65,66). The number of carboxylic acids is 1. The number of halogens is 8. The fraction of sp³-hybridized carbons (Fsp3) is 0.235. The molecule has 14 nitrogen and oxygen atoms in total. The zero-order valence-corrected chi connectivity index (χ0v) is 40.6. The van der Waals surface area contributed by atoms with Gasteiger partial charge in [0.05, 0.1) is 28.3 Å². The molecule has 5 aromatic carbocycles. The number of carbonyl (C=O) groups is 2. The number of aromatic nitrogens is 5. The molecular weight excluding hydrogens is 1010 g/mol. The van der Waals surface area contributed by atoms with Crippen molar-refractivity contribution in [2.45, 2.75) is 49.2 Å². The zero-order valence-electron chi connectivity index (χ0n) is 39.1. The molecule has 0 saturated carbocycles.